The van der Waals surface area contributed by atoms with Gasteiger partial charge in [0.2, 0.25) is 23.6 Å². The van der Waals surface area contributed by atoms with E-state index in [4.69, 9.17) is 31.3 Å². The molecule has 4 aromatic carbocycles. The molecule has 4 amide bonds. The zero-order valence-corrected chi connectivity index (χ0v) is 36.2. The van der Waals surface area contributed by atoms with Gasteiger partial charge >= 0.3 is 8.38 Å². The van der Waals surface area contributed by atoms with Gasteiger partial charge in [0.1, 0.15) is 29.6 Å². The molecular formula is C45H57N10O7P. The highest BCUT2D eigenvalue weighted by Crippen LogP contribution is 2.42. The number of para-hydroxylation sites is 2. The molecule has 4 aromatic rings. The van der Waals surface area contributed by atoms with Gasteiger partial charge in [-0.15, -0.1) is 0 Å². The molecule has 0 spiro atoms. The lowest BCUT2D eigenvalue weighted by molar-refractivity contribution is -0.138. The van der Waals surface area contributed by atoms with E-state index in [1.54, 1.807) is 48.5 Å². The van der Waals surface area contributed by atoms with Crippen LogP contribution in [0.3, 0.4) is 0 Å². The normalized spacial score (nSPS) is 14.8. The first-order chi connectivity index (χ1) is 30.4. The summed E-state index contributed by atoms with van der Waals surface area (Å²) in [7, 11) is -2.36. The van der Waals surface area contributed by atoms with Crippen LogP contribution in [0.15, 0.2) is 103 Å². The Morgan fingerprint density at radius 2 is 1.25 bits per heavy atom. The van der Waals surface area contributed by atoms with Crippen LogP contribution in [-0.2, 0) is 30.4 Å². The maximum absolute atomic E-state index is 14.8. The van der Waals surface area contributed by atoms with Crippen molar-refractivity contribution in [3.63, 3.8) is 0 Å². The van der Waals surface area contributed by atoms with E-state index in [1.807, 2.05) is 54.6 Å². The molecule has 334 valence electrons. The molecule has 0 radical (unpaired) electrons. The molecule has 1 aliphatic heterocycles. The fourth-order valence-electron chi connectivity index (χ4n) is 7.27. The van der Waals surface area contributed by atoms with Crippen LogP contribution in [0.4, 0.5) is 0 Å². The maximum atomic E-state index is 14.8. The van der Waals surface area contributed by atoms with Crippen molar-refractivity contribution in [3.8, 4) is 11.5 Å². The molecule has 17 nitrogen and oxygen atoms in total. The monoisotopic (exact) mass is 880 g/mol. The molecule has 4 atom stereocenters. The molecule has 1 aliphatic rings. The topological polar surface area (TPSA) is 267 Å². The van der Waals surface area contributed by atoms with Gasteiger partial charge in [0.25, 0.3) is 5.52 Å². The van der Waals surface area contributed by atoms with Crippen LogP contribution in [0.5, 0.6) is 11.5 Å². The lowest BCUT2D eigenvalue weighted by Crippen LogP contribution is -2.58. The average molecular weight is 881 g/mol. The summed E-state index contributed by atoms with van der Waals surface area (Å²) in [6.45, 7) is 2.42. The van der Waals surface area contributed by atoms with Crippen LogP contribution < -0.4 is 47.1 Å². The molecule has 0 saturated carbocycles. The minimum absolute atomic E-state index is 0.0193. The number of rotatable bonds is 23. The summed E-state index contributed by atoms with van der Waals surface area (Å²) in [5, 5.41) is 31.0. The average Bonchev–Trinajstić information content (AvgIpc) is 3.78. The summed E-state index contributed by atoms with van der Waals surface area (Å²) in [5.41, 5.74) is 11.2. The molecule has 0 bridgehead atoms. The summed E-state index contributed by atoms with van der Waals surface area (Å²) < 4.78 is 12.3. The third kappa shape index (κ3) is 14.7. The Labute approximate surface area is 368 Å². The SMILES string of the molecule is CC(=O)N1CCC[C@@H]1C(=O)N[C@@H](CCCCNC(=N)N)C(=O)N[C@@H](Cc1cccc2ccccc12)C(=O)N[C@@H](CCCNC(=N)N)C(=O)P(Oc1ccccc1)Oc1ccccc1. The second-order valence-electron chi connectivity index (χ2n) is 15.1. The fourth-order valence-corrected chi connectivity index (χ4v) is 8.56. The number of hydrogen-bond donors (Lipinski definition) is 9. The number of likely N-dealkylation sites (tertiary alicyclic amines) is 1. The number of hydrogen-bond acceptors (Lipinski definition) is 9. The molecule has 0 aliphatic carbocycles. The molecule has 1 saturated heterocycles. The van der Waals surface area contributed by atoms with Gasteiger partial charge in [0, 0.05) is 33.0 Å². The quantitative estimate of drug-likeness (QED) is 0.0224. The van der Waals surface area contributed by atoms with Gasteiger partial charge in [-0.1, -0.05) is 78.9 Å². The van der Waals surface area contributed by atoms with Crippen molar-refractivity contribution in [3.05, 3.63) is 109 Å². The van der Waals surface area contributed by atoms with E-state index >= 15 is 0 Å². The van der Waals surface area contributed by atoms with E-state index in [0.29, 0.717) is 56.7 Å². The first-order valence-electron chi connectivity index (χ1n) is 21.0. The smallest absolute Gasteiger partial charge is 0.367 e. The van der Waals surface area contributed by atoms with Gasteiger partial charge in [0.15, 0.2) is 11.9 Å². The highest BCUT2D eigenvalue weighted by Gasteiger charge is 2.38. The van der Waals surface area contributed by atoms with Crippen molar-refractivity contribution in [2.24, 2.45) is 11.5 Å². The van der Waals surface area contributed by atoms with Crippen molar-refractivity contribution < 1.29 is 33.0 Å². The van der Waals surface area contributed by atoms with Crippen LogP contribution in [0, 0.1) is 10.8 Å². The second-order valence-corrected chi connectivity index (χ2v) is 16.4. The highest BCUT2D eigenvalue weighted by molar-refractivity contribution is 7.67. The molecule has 5 rings (SSSR count). The van der Waals surface area contributed by atoms with Crippen LogP contribution in [0.1, 0.15) is 57.4 Å². The number of nitrogens with two attached hydrogens (primary N) is 2. The zero-order chi connectivity index (χ0) is 45.1. The maximum Gasteiger partial charge on any atom is 0.367 e. The third-order valence-corrected chi connectivity index (χ3v) is 11.8. The Hall–Kier alpha value is -6.74. The first-order valence-corrected chi connectivity index (χ1v) is 22.2. The van der Waals surface area contributed by atoms with Gasteiger partial charge in [0.05, 0.1) is 6.04 Å². The molecule has 1 heterocycles. The Balaban J connectivity index is 1.46. The minimum Gasteiger partial charge on any atom is -0.433 e. The molecule has 0 unspecified atom stereocenters. The van der Waals surface area contributed by atoms with Crippen molar-refractivity contribution in [1.29, 1.82) is 10.8 Å². The lowest BCUT2D eigenvalue weighted by atomic mass is 9.97. The van der Waals surface area contributed by atoms with Crippen molar-refractivity contribution in [1.82, 2.24) is 31.5 Å². The fraction of sp³-hybridized carbons (Fsp3) is 0.356. The van der Waals surface area contributed by atoms with Gasteiger partial charge < -0.3 is 52.0 Å². The minimum atomic E-state index is -2.36. The zero-order valence-electron chi connectivity index (χ0n) is 35.3. The molecule has 11 N–H and O–H groups in total. The van der Waals surface area contributed by atoms with E-state index < -0.39 is 55.8 Å². The van der Waals surface area contributed by atoms with Crippen molar-refractivity contribution in [2.45, 2.75) is 82.5 Å². The van der Waals surface area contributed by atoms with Crippen LogP contribution in [0.25, 0.3) is 10.8 Å². The van der Waals surface area contributed by atoms with E-state index in [-0.39, 0.29) is 43.6 Å². The Morgan fingerprint density at radius 1 is 0.698 bits per heavy atom. The van der Waals surface area contributed by atoms with E-state index in [9.17, 15) is 24.0 Å². The third-order valence-electron chi connectivity index (χ3n) is 10.4. The molecule has 0 aromatic heterocycles. The first kappa shape index (κ1) is 47.3. The van der Waals surface area contributed by atoms with Crippen LogP contribution in [-0.4, -0.2) is 89.8 Å². The second kappa shape index (κ2) is 24.0. The Morgan fingerprint density at radius 3 is 1.89 bits per heavy atom. The number of amides is 4. The summed E-state index contributed by atoms with van der Waals surface area (Å²) >= 11 is 0. The standard InChI is InChI=1S/C45H57N10O7P/c1-30(56)55-28-14-25-39(55)42(59)52-36(23-10-11-26-50-44(46)47)40(57)54-38(29-32-17-12-16-31-15-8-9-22-35(31)32)41(58)53-37(24-13-27-51-45(48)49)43(60)63(61-33-18-4-2-5-19-33)62-34-20-6-3-7-21-34/h2-9,12,15-22,36-39H,10-11,13-14,23-29H2,1H3,(H,52,59)(H,53,58)(H,54,57)(H4,46,47,50)(H4,48,49,51)/t36-,37-,38-,39+/m0/s1. The summed E-state index contributed by atoms with van der Waals surface area (Å²) in [5.74, 6) is -1.70. The number of unbranched alkanes of at least 4 members (excludes halogenated alkanes) is 1. The Kier molecular flexibility index (Phi) is 18.1. The van der Waals surface area contributed by atoms with E-state index in [1.165, 1.54) is 11.8 Å². The van der Waals surface area contributed by atoms with Crippen molar-refractivity contribution in [2.75, 3.05) is 19.6 Å². The predicted molar refractivity (Wildman–Crippen MR) is 243 cm³/mol. The number of fused-ring (bicyclic) bond motifs is 1. The van der Waals surface area contributed by atoms with E-state index in [2.05, 4.69) is 26.6 Å². The molecule has 18 heteroatoms. The summed E-state index contributed by atoms with van der Waals surface area (Å²) in [6.07, 6.45) is 2.63. The molecular weight excluding hydrogens is 824 g/mol. The lowest BCUT2D eigenvalue weighted by Gasteiger charge is -2.28. The van der Waals surface area contributed by atoms with Gasteiger partial charge in [-0.3, -0.25) is 34.8 Å². The van der Waals surface area contributed by atoms with Gasteiger partial charge in [-0.2, -0.15) is 0 Å². The van der Waals surface area contributed by atoms with Crippen molar-refractivity contribution >= 4 is 60.2 Å². The number of benzene rings is 4. The number of nitrogens with zero attached hydrogens (tertiary/aromatic N) is 1. The van der Waals surface area contributed by atoms with Gasteiger partial charge in [-0.25, -0.2) is 0 Å². The Bertz CT molecular complexity index is 2150. The van der Waals surface area contributed by atoms with Gasteiger partial charge in [-0.05, 0) is 85.5 Å². The largest absolute Gasteiger partial charge is 0.433 e. The van der Waals surface area contributed by atoms with E-state index in [0.717, 1.165) is 16.3 Å². The number of guanidine groups is 2. The summed E-state index contributed by atoms with van der Waals surface area (Å²) in [6, 6.07) is 26.4. The summed E-state index contributed by atoms with van der Waals surface area (Å²) in [4.78, 5) is 71.4. The number of carbonyl (C=O) groups excluding carboxylic acids is 5. The number of nitrogens with one attached hydrogen (secondary N) is 7. The molecule has 63 heavy (non-hydrogen) atoms. The number of carbonyl (C=O) groups is 5. The van der Waals surface area contributed by atoms with Crippen LogP contribution in [0.2, 0.25) is 0 Å². The van der Waals surface area contributed by atoms with Crippen LogP contribution >= 0.6 is 8.38 Å². The predicted octanol–water partition coefficient (Wildman–Crippen LogP) is 3.76. The highest BCUT2D eigenvalue weighted by atomic mass is 31.2. The molecule has 1 fully saturated rings.